The van der Waals surface area contributed by atoms with Gasteiger partial charge in [0.1, 0.15) is 0 Å². The second kappa shape index (κ2) is 6.65. The minimum atomic E-state index is -0.427. The molecule has 6 heteroatoms. The molecule has 1 aliphatic rings. The summed E-state index contributed by atoms with van der Waals surface area (Å²) in [5, 5.41) is 8.08. The minimum Gasteiger partial charge on any atom is -0.464 e. The van der Waals surface area contributed by atoms with Gasteiger partial charge in [0.25, 0.3) is 0 Å². The Balaban J connectivity index is 2.15. The van der Waals surface area contributed by atoms with Gasteiger partial charge in [-0.15, -0.1) is 5.10 Å². The van der Waals surface area contributed by atoms with Crippen molar-refractivity contribution in [3.05, 3.63) is 11.4 Å². The first-order valence-corrected chi connectivity index (χ1v) is 6.76. The Morgan fingerprint density at radius 1 is 1.37 bits per heavy atom. The summed E-state index contributed by atoms with van der Waals surface area (Å²) < 4.78 is 11.7. The number of nitrogens with zero attached hydrogens (tertiary/aromatic N) is 3. The maximum atomic E-state index is 11.7. The smallest absolute Gasteiger partial charge is 0.360 e. The zero-order chi connectivity index (χ0) is 13.7. The molecule has 6 nitrogen and oxygen atoms in total. The lowest BCUT2D eigenvalue weighted by atomic mass is 10.1. The van der Waals surface area contributed by atoms with Crippen LogP contribution >= 0.6 is 0 Å². The third-order valence-electron chi connectivity index (χ3n) is 3.67. The van der Waals surface area contributed by atoms with E-state index in [9.17, 15) is 4.79 Å². The molecule has 1 saturated carbocycles. The van der Waals surface area contributed by atoms with E-state index in [0.717, 1.165) is 12.2 Å². The van der Waals surface area contributed by atoms with E-state index in [0.29, 0.717) is 24.6 Å². The van der Waals surface area contributed by atoms with Gasteiger partial charge in [0.2, 0.25) is 0 Å². The maximum Gasteiger partial charge on any atom is 0.360 e. The Morgan fingerprint density at radius 2 is 2.11 bits per heavy atom. The number of rotatable bonds is 6. The molecule has 0 bridgehead atoms. The molecule has 0 aliphatic heterocycles. The Morgan fingerprint density at radius 3 is 2.74 bits per heavy atom. The summed E-state index contributed by atoms with van der Waals surface area (Å²) in [4.78, 5) is 11.7. The van der Waals surface area contributed by atoms with Crippen molar-refractivity contribution in [1.82, 2.24) is 15.0 Å². The predicted molar refractivity (Wildman–Crippen MR) is 68.9 cm³/mol. The zero-order valence-electron chi connectivity index (χ0n) is 11.6. The highest BCUT2D eigenvalue weighted by molar-refractivity contribution is 5.88. The van der Waals surface area contributed by atoms with E-state index in [-0.39, 0.29) is 0 Å². The number of carbonyl (C=O) groups is 1. The molecule has 0 amide bonds. The standard InChI is InChI=1S/C13H21N3O3/c1-18-8-7-11-12(13(17)19-2)14-15-16(11)9-10-5-3-4-6-10/h10H,3-9H2,1-2H3. The van der Waals surface area contributed by atoms with Crippen LogP contribution in [0.15, 0.2) is 0 Å². The molecule has 1 aromatic heterocycles. The average Bonchev–Trinajstić information content (AvgIpc) is 3.06. The van der Waals surface area contributed by atoms with E-state index in [4.69, 9.17) is 9.47 Å². The summed E-state index contributed by atoms with van der Waals surface area (Å²) >= 11 is 0. The SMILES string of the molecule is COCCc1c(C(=O)OC)nnn1CC1CCCC1. The van der Waals surface area contributed by atoms with Crippen LogP contribution in [0.25, 0.3) is 0 Å². The molecule has 2 rings (SSSR count). The van der Waals surface area contributed by atoms with Crippen molar-refractivity contribution >= 4 is 5.97 Å². The van der Waals surface area contributed by atoms with Gasteiger partial charge in [0.05, 0.1) is 19.4 Å². The molecule has 1 aliphatic carbocycles. The molecule has 1 aromatic rings. The Hall–Kier alpha value is -1.43. The third-order valence-corrected chi connectivity index (χ3v) is 3.67. The minimum absolute atomic E-state index is 0.317. The second-order valence-corrected chi connectivity index (χ2v) is 4.95. The number of carbonyl (C=O) groups excluding carboxylic acids is 1. The molecule has 0 saturated heterocycles. The number of aromatic nitrogens is 3. The van der Waals surface area contributed by atoms with Gasteiger partial charge in [-0.2, -0.15) is 0 Å². The number of methoxy groups -OCH3 is 2. The van der Waals surface area contributed by atoms with Crippen LogP contribution < -0.4 is 0 Å². The summed E-state index contributed by atoms with van der Waals surface area (Å²) in [6.45, 7) is 1.38. The summed E-state index contributed by atoms with van der Waals surface area (Å²) in [5.74, 6) is 0.220. The monoisotopic (exact) mass is 267 g/mol. The molecule has 0 radical (unpaired) electrons. The van der Waals surface area contributed by atoms with Crippen molar-refractivity contribution in [3.63, 3.8) is 0 Å². The highest BCUT2D eigenvalue weighted by Gasteiger charge is 2.23. The number of hydrogen-bond donors (Lipinski definition) is 0. The van der Waals surface area contributed by atoms with Gasteiger partial charge >= 0.3 is 5.97 Å². The predicted octanol–water partition coefficient (Wildman–Crippen LogP) is 1.44. The molecular weight excluding hydrogens is 246 g/mol. The highest BCUT2D eigenvalue weighted by atomic mass is 16.5. The van der Waals surface area contributed by atoms with Gasteiger partial charge in [-0.25, -0.2) is 9.48 Å². The topological polar surface area (TPSA) is 66.2 Å². The van der Waals surface area contributed by atoms with E-state index in [1.54, 1.807) is 7.11 Å². The van der Waals surface area contributed by atoms with Crippen LogP contribution in [-0.4, -0.2) is 41.8 Å². The van der Waals surface area contributed by atoms with Gasteiger partial charge in [0.15, 0.2) is 5.69 Å². The number of esters is 1. The van der Waals surface area contributed by atoms with E-state index in [2.05, 4.69) is 10.3 Å². The molecule has 106 valence electrons. The average molecular weight is 267 g/mol. The van der Waals surface area contributed by atoms with Gasteiger partial charge < -0.3 is 9.47 Å². The quantitative estimate of drug-likeness (QED) is 0.730. The lowest BCUT2D eigenvalue weighted by molar-refractivity contribution is 0.0592. The fourth-order valence-electron chi connectivity index (χ4n) is 2.62. The van der Waals surface area contributed by atoms with Crippen LogP contribution in [0, 0.1) is 5.92 Å². The highest BCUT2D eigenvalue weighted by Crippen LogP contribution is 2.26. The molecule has 19 heavy (non-hydrogen) atoms. The summed E-state index contributed by atoms with van der Waals surface area (Å²) in [6.07, 6.45) is 5.67. The fraction of sp³-hybridized carbons (Fsp3) is 0.769. The van der Waals surface area contributed by atoms with Crippen LogP contribution in [0.2, 0.25) is 0 Å². The molecule has 0 aromatic carbocycles. The molecule has 0 unspecified atom stereocenters. The number of hydrogen-bond acceptors (Lipinski definition) is 5. The molecule has 0 atom stereocenters. The molecular formula is C13H21N3O3. The zero-order valence-corrected chi connectivity index (χ0v) is 11.6. The van der Waals surface area contributed by atoms with Gasteiger partial charge in [-0.1, -0.05) is 18.1 Å². The second-order valence-electron chi connectivity index (χ2n) is 4.95. The summed E-state index contributed by atoms with van der Waals surface area (Å²) in [6, 6.07) is 0. The van der Waals surface area contributed by atoms with Crippen molar-refractivity contribution in [2.75, 3.05) is 20.8 Å². The fourth-order valence-corrected chi connectivity index (χ4v) is 2.62. The molecule has 0 spiro atoms. The van der Waals surface area contributed by atoms with Crippen LogP contribution in [0.5, 0.6) is 0 Å². The van der Waals surface area contributed by atoms with Crippen molar-refractivity contribution in [1.29, 1.82) is 0 Å². The van der Waals surface area contributed by atoms with Crippen LogP contribution in [-0.2, 0) is 22.4 Å². The first kappa shape index (κ1) is 14.0. The maximum absolute atomic E-state index is 11.7. The van der Waals surface area contributed by atoms with Crippen molar-refractivity contribution in [3.8, 4) is 0 Å². The lowest BCUT2D eigenvalue weighted by Gasteiger charge is -2.11. The summed E-state index contributed by atoms with van der Waals surface area (Å²) in [7, 11) is 3.00. The van der Waals surface area contributed by atoms with Crippen LogP contribution in [0.4, 0.5) is 0 Å². The van der Waals surface area contributed by atoms with Gasteiger partial charge in [-0.3, -0.25) is 0 Å². The Bertz CT molecular complexity index is 425. The molecule has 1 heterocycles. The first-order valence-electron chi connectivity index (χ1n) is 6.76. The molecule has 0 N–H and O–H groups in total. The van der Waals surface area contributed by atoms with Gasteiger partial charge in [-0.05, 0) is 18.8 Å². The Kier molecular flexibility index (Phi) is 4.90. The third kappa shape index (κ3) is 3.32. The van der Waals surface area contributed by atoms with Crippen molar-refractivity contribution < 1.29 is 14.3 Å². The molecule has 1 fully saturated rings. The lowest BCUT2D eigenvalue weighted by Crippen LogP contribution is -2.15. The van der Waals surface area contributed by atoms with E-state index in [1.807, 2.05) is 4.68 Å². The van der Waals surface area contributed by atoms with Crippen molar-refractivity contribution in [2.24, 2.45) is 5.92 Å². The number of ether oxygens (including phenoxy) is 2. The Labute approximate surface area is 113 Å². The van der Waals surface area contributed by atoms with Gasteiger partial charge in [0, 0.05) is 20.1 Å². The van der Waals surface area contributed by atoms with E-state index < -0.39 is 5.97 Å². The van der Waals surface area contributed by atoms with E-state index >= 15 is 0 Å². The van der Waals surface area contributed by atoms with Crippen LogP contribution in [0.1, 0.15) is 41.9 Å². The first-order chi connectivity index (χ1) is 9.26. The van der Waals surface area contributed by atoms with Crippen molar-refractivity contribution in [2.45, 2.75) is 38.6 Å². The van der Waals surface area contributed by atoms with E-state index in [1.165, 1.54) is 32.8 Å². The normalized spacial score (nSPS) is 15.9. The summed E-state index contributed by atoms with van der Waals surface area (Å²) in [5.41, 5.74) is 1.14. The largest absolute Gasteiger partial charge is 0.464 e. The van der Waals surface area contributed by atoms with Crippen LogP contribution in [0.3, 0.4) is 0 Å².